The molecule has 1 aromatic carbocycles. The van der Waals surface area contributed by atoms with E-state index in [1.54, 1.807) is 32.0 Å². The fraction of sp³-hybridized carbons (Fsp3) is 0.417. The van der Waals surface area contributed by atoms with Crippen LogP contribution in [0.3, 0.4) is 0 Å². The number of nitrogens with two attached hydrogens (primary N) is 1. The number of esters is 1. The summed E-state index contributed by atoms with van der Waals surface area (Å²) < 4.78 is 31.2. The average Bonchev–Trinajstić information content (AvgIpc) is 2.36. The summed E-state index contributed by atoms with van der Waals surface area (Å²) in [7, 11) is -3.78. The van der Waals surface area contributed by atoms with Gasteiger partial charge in [-0.2, -0.15) is 4.72 Å². The molecule has 0 aliphatic heterocycles. The van der Waals surface area contributed by atoms with Gasteiger partial charge >= 0.3 is 5.97 Å². The number of rotatable bonds is 6. The first-order valence-electron chi connectivity index (χ1n) is 5.84. The lowest BCUT2D eigenvalue weighted by Gasteiger charge is -2.17. The maximum absolute atomic E-state index is 12.0. The van der Waals surface area contributed by atoms with Crippen LogP contribution in [0, 0.1) is 0 Å². The van der Waals surface area contributed by atoms with E-state index in [1.165, 1.54) is 12.1 Å². The third kappa shape index (κ3) is 4.62. The second kappa shape index (κ2) is 6.65. The number of hydrogen-bond donors (Lipinski definition) is 2. The molecule has 0 heterocycles. The van der Waals surface area contributed by atoms with E-state index in [4.69, 9.17) is 10.5 Å². The van der Waals surface area contributed by atoms with Crippen LogP contribution in [0.1, 0.15) is 13.8 Å². The third-order valence-corrected chi connectivity index (χ3v) is 3.71. The van der Waals surface area contributed by atoms with Gasteiger partial charge in [-0.25, -0.2) is 8.42 Å². The molecule has 0 fully saturated rings. The van der Waals surface area contributed by atoms with Gasteiger partial charge in [-0.15, -0.1) is 0 Å². The maximum atomic E-state index is 12.0. The Balaban J connectivity index is 2.84. The lowest BCUT2D eigenvalue weighted by atomic mass is 10.3. The van der Waals surface area contributed by atoms with Crippen molar-refractivity contribution in [1.29, 1.82) is 0 Å². The van der Waals surface area contributed by atoms with Crippen molar-refractivity contribution in [2.24, 2.45) is 5.73 Å². The summed E-state index contributed by atoms with van der Waals surface area (Å²) >= 11 is 0. The molecule has 0 saturated heterocycles. The fourth-order valence-electron chi connectivity index (χ4n) is 1.36. The molecule has 1 atom stereocenters. The SMILES string of the molecule is CC(C)OC(=O)C(CN)NS(=O)(=O)c1ccccc1. The minimum Gasteiger partial charge on any atom is -0.462 e. The highest BCUT2D eigenvalue weighted by molar-refractivity contribution is 7.89. The molecule has 0 radical (unpaired) electrons. The molecule has 19 heavy (non-hydrogen) atoms. The van der Waals surface area contributed by atoms with E-state index in [9.17, 15) is 13.2 Å². The van der Waals surface area contributed by atoms with Crippen LogP contribution in [0.5, 0.6) is 0 Å². The Morgan fingerprint density at radius 2 is 1.89 bits per heavy atom. The lowest BCUT2D eigenvalue weighted by molar-refractivity contribution is -0.149. The maximum Gasteiger partial charge on any atom is 0.325 e. The fourth-order valence-corrected chi connectivity index (χ4v) is 2.58. The summed E-state index contributed by atoms with van der Waals surface area (Å²) in [4.78, 5) is 11.7. The standard InChI is InChI=1S/C12H18N2O4S/c1-9(2)18-12(15)11(8-13)14-19(16,17)10-6-4-3-5-7-10/h3-7,9,11,14H,8,13H2,1-2H3. The van der Waals surface area contributed by atoms with Crippen molar-refractivity contribution >= 4 is 16.0 Å². The van der Waals surface area contributed by atoms with Gasteiger partial charge in [0.1, 0.15) is 6.04 Å². The van der Waals surface area contributed by atoms with Crippen LogP contribution in [0.15, 0.2) is 35.2 Å². The normalized spacial score (nSPS) is 13.3. The van der Waals surface area contributed by atoms with Gasteiger partial charge in [-0.3, -0.25) is 4.79 Å². The summed E-state index contributed by atoms with van der Waals surface area (Å²) in [6, 6.07) is 6.67. The Hall–Kier alpha value is -1.44. The Morgan fingerprint density at radius 3 is 2.37 bits per heavy atom. The molecule has 0 aliphatic carbocycles. The molecular formula is C12H18N2O4S. The minimum absolute atomic E-state index is 0.0748. The predicted molar refractivity (Wildman–Crippen MR) is 70.8 cm³/mol. The quantitative estimate of drug-likeness (QED) is 0.730. The van der Waals surface area contributed by atoms with Crippen LogP contribution in [-0.2, 0) is 19.6 Å². The van der Waals surface area contributed by atoms with Gasteiger partial charge in [0.05, 0.1) is 11.0 Å². The monoisotopic (exact) mass is 286 g/mol. The van der Waals surface area contributed by atoms with Crippen molar-refractivity contribution in [3.63, 3.8) is 0 Å². The predicted octanol–water partition coefficient (Wildman–Crippen LogP) is 0.244. The zero-order valence-electron chi connectivity index (χ0n) is 10.9. The van der Waals surface area contributed by atoms with Crippen molar-refractivity contribution < 1.29 is 17.9 Å². The summed E-state index contributed by atoms with van der Waals surface area (Å²) in [6.45, 7) is 3.19. The van der Waals surface area contributed by atoms with Crippen molar-refractivity contribution in [1.82, 2.24) is 4.72 Å². The van der Waals surface area contributed by atoms with E-state index in [0.29, 0.717) is 0 Å². The largest absolute Gasteiger partial charge is 0.462 e. The molecule has 1 rings (SSSR count). The number of benzene rings is 1. The summed E-state index contributed by atoms with van der Waals surface area (Å²) in [5.41, 5.74) is 5.41. The van der Waals surface area contributed by atoms with E-state index in [-0.39, 0.29) is 17.5 Å². The number of sulfonamides is 1. The molecule has 0 spiro atoms. The molecule has 0 aromatic heterocycles. The smallest absolute Gasteiger partial charge is 0.325 e. The molecule has 1 aromatic rings. The number of ether oxygens (including phenoxy) is 1. The number of nitrogens with one attached hydrogen (secondary N) is 1. The Morgan fingerprint density at radius 1 is 1.32 bits per heavy atom. The van der Waals surface area contributed by atoms with Gasteiger partial charge in [0.2, 0.25) is 10.0 Å². The van der Waals surface area contributed by atoms with Crippen molar-refractivity contribution in [3.8, 4) is 0 Å². The van der Waals surface area contributed by atoms with E-state index in [2.05, 4.69) is 4.72 Å². The zero-order valence-corrected chi connectivity index (χ0v) is 11.7. The van der Waals surface area contributed by atoms with Gasteiger partial charge in [0.15, 0.2) is 0 Å². The third-order valence-electron chi connectivity index (χ3n) is 2.22. The molecular weight excluding hydrogens is 268 g/mol. The van der Waals surface area contributed by atoms with Crippen LogP contribution >= 0.6 is 0 Å². The molecule has 3 N–H and O–H groups in total. The van der Waals surface area contributed by atoms with Crippen molar-refractivity contribution in [3.05, 3.63) is 30.3 Å². The number of hydrogen-bond acceptors (Lipinski definition) is 5. The molecule has 0 bridgehead atoms. The molecule has 0 amide bonds. The van der Waals surface area contributed by atoms with Gasteiger partial charge in [-0.1, -0.05) is 18.2 Å². The summed E-state index contributed by atoms with van der Waals surface area (Å²) in [6.07, 6.45) is -0.331. The van der Waals surface area contributed by atoms with E-state index >= 15 is 0 Å². The number of carbonyl (C=O) groups excluding carboxylic acids is 1. The molecule has 0 aliphatic rings. The van der Waals surface area contributed by atoms with Crippen molar-refractivity contribution in [2.75, 3.05) is 6.54 Å². The van der Waals surface area contributed by atoms with Gasteiger partial charge < -0.3 is 10.5 Å². The second-order valence-corrected chi connectivity index (χ2v) is 5.92. The minimum atomic E-state index is -3.78. The second-order valence-electron chi connectivity index (χ2n) is 4.21. The van der Waals surface area contributed by atoms with E-state index in [1.807, 2.05) is 0 Å². The van der Waals surface area contributed by atoms with Crippen LogP contribution in [0.4, 0.5) is 0 Å². The first-order valence-corrected chi connectivity index (χ1v) is 7.33. The highest BCUT2D eigenvalue weighted by atomic mass is 32.2. The zero-order chi connectivity index (χ0) is 14.5. The first kappa shape index (κ1) is 15.6. The van der Waals surface area contributed by atoms with E-state index < -0.39 is 22.0 Å². The van der Waals surface area contributed by atoms with Crippen molar-refractivity contribution in [2.45, 2.75) is 30.9 Å². The van der Waals surface area contributed by atoms with Gasteiger partial charge in [-0.05, 0) is 26.0 Å². The molecule has 6 nitrogen and oxygen atoms in total. The first-order chi connectivity index (χ1) is 8.86. The van der Waals surface area contributed by atoms with Crippen LogP contribution in [-0.4, -0.2) is 33.1 Å². The van der Waals surface area contributed by atoms with Crippen LogP contribution < -0.4 is 10.5 Å². The van der Waals surface area contributed by atoms with Crippen LogP contribution in [0.2, 0.25) is 0 Å². The Labute approximate surface area is 113 Å². The Bertz CT molecular complexity index is 514. The molecule has 1 unspecified atom stereocenters. The summed E-state index contributed by atoms with van der Waals surface area (Å²) in [5, 5.41) is 0. The molecule has 0 saturated carbocycles. The Kier molecular flexibility index (Phi) is 5.46. The topological polar surface area (TPSA) is 98.5 Å². The molecule has 106 valence electrons. The lowest BCUT2D eigenvalue weighted by Crippen LogP contribution is -2.47. The summed E-state index contributed by atoms with van der Waals surface area (Å²) in [5.74, 6) is -0.683. The van der Waals surface area contributed by atoms with Gasteiger partial charge in [0, 0.05) is 6.54 Å². The molecule has 7 heteroatoms. The highest BCUT2D eigenvalue weighted by Gasteiger charge is 2.26. The van der Waals surface area contributed by atoms with Crippen LogP contribution in [0.25, 0.3) is 0 Å². The van der Waals surface area contributed by atoms with Gasteiger partial charge in [0.25, 0.3) is 0 Å². The van der Waals surface area contributed by atoms with E-state index in [0.717, 1.165) is 0 Å². The highest BCUT2D eigenvalue weighted by Crippen LogP contribution is 2.08. The average molecular weight is 286 g/mol. The number of carbonyl (C=O) groups is 1.